The molecule has 1 saturated heterocycles. The Balaban J connectivity index is 2.34. The Bertz CT molecular complexity index is 684. The van der Waals surface area contributed by atoms with E-state index in [2.05, 4.69) is 15.9 Å². The third kappa shape index (κ3) is 2.91. The molecule has 0 aliphatic carbocycles. The van der Waals surface area contributed by atoms with E-state index in [4.69, 9.17) is 15.9 Å². The molecule has 5 nitrogen and oxygen atoms in total. The number of anilines is 1. The standard InChI is InChI=1S/C11H8BrClN2O3S/c12-10-2-1-8(3-7(10)5-14)15-6-9(4-11(15)16)19(13,17)18/h1-3,9H,4,6H2. The average Bonchev–Trinajstić information content (AvgIpc) is 2.72. The molecule has 0 aromatic heterocycles. The van der Waals surface area contributed by atoms with Gasteiger partial charge in [0.05, 0.1) is 5.56 Å². The van der Waals surface area contributed by atoms with E-state index in [1.54, 1.807) is 12.1 Å². The average molecular weight is 364 g/mol. The maximum absolute atomic E-state index is 11.8. The first-order valence-corrected chi connectivity index (χ1v) is 8.43. The Morgan fingerprint density at radius 1 is 1.47 bits per heavy atom. The fraction of sp³-hybridized carbons (Fsp3) is 0.273. The summed E-state index contributed by atoms with van der Waals surface area (Å²) in [4.78, 5) is 13.2. The minimum Gasteiger partial charge on any atom is -0.311 e. The minimum atomic E-state index is -3.76. The van der Waals surface area contributed by atoms with Gasteiger partial charge in [0, 0.05) is 33.8 Å². The molecule has 0 N–H and O–H groups in total. The van der Waals surface area contributed by atoms with Crippen LogP contribution < -0.4 is 4.90 Å². The van der Waals surface area contributed by atoms with Crippen molar-refractivity contribution in [2.24, 2.45) is 0 Å². The summed E-state index contributed by atoms with van der Waals surface area (Å²) >= 11 is 3.21. The van der Waals surface area contributed by atoms with Gasteiger partial charge in [-0.2, -0.15) is 5.26 Å². The fourth-order valence-corrected chi connectivity index (χ4v) is 3.24. The maximum Gasteiger partial charge on any atom is 0.237 e. The molecular formula is C11H8BrClN2O3S. The number of amides is 1. The maximum atomic E-state index is 11.8. The minimum absolute atomic E-state index is 0.0111. The first-order chi connectivity index (χ1) is 8.82. The predicted octanol–water partition coefficient (Wildman–Crippen LogP) is 1.99. The number of rotatable bonds is 2. The Kier molecular flexibility index (Phi) is 3.85. The Morgan fingerprint density at radius 2 is 2.16 bits per heavy atom. The van der Waals surface area contributed by atoms with Crippen LogP contribution in [0.3, 0.4) is 0 Å². The number of carbonyl (C=O) groups excluding carboxylic acids is 1. The van der Waals surface area contributed by atoms with E-state index in [1.165, 1.54) is 11.0 Å². The lowest BCUT2D eigenvalue weighted by atomic mass is 10.2. The normalized spacial score (nSPS) is 19.5. The van der Waals surface area contributed by atoms with Crippen molar-refractivity contribution in [1.82, 2.24) is 0 Å². The van der Waals surface area contributed by atoms with E-state index in [0.29, 0.717) is 15.7 Å². The number of nitrogens with zero attached hydrogens (tertiary/aromatic N) is 2. The van der Waals surface area contributed by atoms with Gasteiger partial charge in [-0.3, -0.25) is 4.79 Å². The van der Waals surface area contributed by atoms with Gasteiger partial charge < -0.3 is 4.90 Å². The summed E-state index contributed by atoms with van der Waals surface area (Å²) in [5.74, 6) is -0.319. The molecule has 100 valence electrons. The third-order valence-corrected chi connectivity index (χ3v) is 5.43. The zero-order chi connectivity index (χ0) is 14.2. The summed E-state index contributed by atoms with van der Waals surface area (Å²) in [6.45, 7) is 0.0111. The van der Waals surface area contributed by atoms with Crippen LogP contribution in [0.1, 0.15) is 12.0 Å². The molecule has 1 aliphatic rings. The van der Waals surface area contributed by atoms with Crippen LogP contribution in [-0.2, 0) is 13.8 Å². The van der Waals surface area contributed by atoms with Gasteiger partial charge in [-0.15, -0.1) is 0 Å². The summed E-state index contributed by atoms with van der Waals surface area (Å²) in [7, 11) is 1.51. The molecule has 19 heavy (non-hydrogen) atoms. The highest BCUT2D eigenvalue weighted by molar-refractivity contribution is 9.10. The number of benzene rings is 1. The summed E-state index contributed by atoms with van der Waals surface area (Å²) in [6.07, 6.45) is -0.135. The zero-order valence-electron chi connectivity index (χ0n) is 9.51. The summed E-state index contributed by atoms with van der Waals surface area (Å²) in [6, 6.07) is 6.81. The molecule has 1 heterocycles. The quantitative estimate of drug-likeness (QED) is 0.753. The Hall–Kier alpha value is -1.10. The van der Waals surface area contributed by atoms with E-state index in [1.807, 2.05) is 6.07 Å². The molecule has 0 bridgehead atoms. The van der Waals surface area contributed by atoms with Crippen molar-refractivity contribution in [2.75, 3.05) is 11.4 Å². The van der Waals surface area contributed by atoms with Gasteiger partial charge in [0.1, 0.15) is 11.3 Å². The second kappa shape index (κ2) is 5.12. The number of nitriles is 1. The molecule has 1 aromatic rings. The lowest BCUT2D eigenvalue weighted by Crippen LogP contribution is -2.26. The van der Waals surface area contributed by atoms with Crippen LogP contribution in [0.2, 0.25) is 0 Å². The van der Waals surface area contributed by atoms with Crippen LogP contribution >= 0.6 is 26.6 Å². The highest BCUT2D eigenvalue weighted by atomic mass is 79.9. The molecule has 1 amide bonds. The van der Waals surface area contributed by atoms with Gasteiger partial charge in [0.2, 0.25) is 15.0 Å². The van der Waals surface area contributed by atoms with Crippen molar-refractivity contribution in [3.05, 3.63) is 28.2 Å². The first-order valence-electron chi connectivity index (χ1n) is 5.26. The van der Waals surface area contributed by atoms with Crippen LogP contribution in [0.4, 0.5) is 5.69 Å². The van der Waals surface area contributed by atoms with Crippen molar-refractivity contribution in [2.45, 2.75) is 11.7 Å². The van der Waals surface area contributed by atoms with Crippen LogP contribution in [-0.4, -0.2) is 26.1 Å². The number of carbonyl (C=O) groups is 1. The number of hydrogen-bond donors (Lipinski definition) is 0. The van der Waals surface area contributed by atoms with Gasteiger partial charge >= 0.3 is 0 Å². The van der Waals surface area contributed by atoms with E-state index < -0.39 is 14.3 Å². The zero-order valence-corrected chi connectivity index (χ0v) is 12.7. The topological polar surface area (TPSA) is 78.2 Å². The van der Waals surface area contributed by atoms with Crippen molar-refractivity contribution in [1.29, 1.82) is 5.26 Å². The van der Waals surface area contributed by atoms with Gasteiger partial charge in [0.15, 0.2) is 0 Å². The largest absolute Gasteiger partial charge is 0.311 e. The summed E-state index contributed by atoms with van der Waals surface area (Å²) in [5, 5.41) is 8.03. The second-order valence-electron chi connectivity index (χ2n) is 4.08. The van der Waals surface area contributed by atoms with Crippen LogP contribution in [0.25, 0.3) is 0 Å². The second-order valence-corrected chi connectivity index (χ2v) is 7.84. The van der Waals surface area contributed by atoms with Crippen LogP contribution in [0.5, 0.6) is 0 Å². The van der Waals surface area contributed by atoms with Gasteiger partial charge in [-0.05, 0) is 34.1 Å². The van der Waals surface area contributed by atoms with E-state index in [0.717, 1.165) is 0 Å². The lowest BCUT2D eigenvalue weighted by molar-refractivity contribution is -0.117. The molecule has 0 spiro atoms. The number of halogens is 2. The molecule has 1 aliphatic heterocycles. The fourth-order valence-electron chi connectivity index (χ4n) is 1.88. The Morgan fingerprint density at radius 3 is 2.68 bits per heavy atom. The van der Waals surface area contributed by atoms with Gasteiger partial charge in [-0.25, -0.2) is 8.42 Å². The van der Waals surface area contributed by atoms with E-state index in [9.17, 15) is 13.2 Å². The van der Waals surface area contributed by atoms with Crippen molar-refractivity contribution in [3.8, 4) is 6.07 Å². The molecule has 1 fully saturated rings. The number of hydrogen-bond acceptors (Lipinski definition) is 4. The van der Waals surface area contributed by atoms with Crippen LogP contribution in [0.15, 0.2) is 22.7 Å². The monoisotopic (exact) mass is 362 g/mol. The molecular weight excluding hydrogens is 356 g/mol. The highest BCUT2D eigenvalue weighted by Gasteiger charge is 2.38. The molecule has 0 saturated carbocycles. The molecule has 1 unspecified atom stereocenters. The molecule has 0 radical (unpaired) electrons. The van der Waals surface area contributed by atoms with Crippen molar-refractivity contribution < 1.29 is 13.2 Å². The van der Waals surface area contributed by atoms with Crippen molar-refractivity contribution >= 4 is 47.3 Å². The van der Waals surface area contributed by atoms with Gasteiger partial charge in [-0.1, -0.05) is 0 Å². The molecule has 1 aromatic carbocycles. The predicted molar refractivity (Wildman–Crippen MR) is 74.4 cm³/mol. The molecule has 1 atom stereocenters. The molecule has 2 rings (SSSR count). The smallest absolute Gasteiger partial charge is 0.237 e. The van der Waals surface area contributed by atoms with E-state index in [-0.39, 0.29) is 18.9 Å². The highest BCUT2D eigenvalue weighted by Crippen LogP contribution is 2.29. The summed E-state index contributed by atoms with van der Waals surface area (Å²) in [5.41, 5.74) is 0.870. The SMILES string of the molecule is N#Cc1cc(N2CC(S(=O)(=O)Cl)CC2=O)ccc1Br. The van der Waals surface area contributed by atoms with Crippen LogP contribution in [0, 0.1) is 11.3 Å². The summed E-state index contributed by atoms with van der Waals surface area (Å²) < 4.78 is 23.1. The van der Waals surface area contributed by atoms with Gasteiger partial charge in [0.25, 0.3) is 0 Å². The third-order valence-electron chi connectivity index (χ3n) is 2.87. The Labute approximate surface area is 123 Å². The molecule has 8 heteroatoms. The first kappa shape index (κ1) is 14.3. The van der Waals surface area contributed by atoms with Crippen molar-refractivity contribution in [3.63, 3.8) is 0 Å². The lowest BCUT2D eigenvalue weighted by Gasteiger charge is -2.16. The van der Waals surface area contributed by atoms with E-state index >= 15 is 0 Å².